The first-order valence-corrected chi connectivity index (χ1v) is 8.89. The van der Waals surface area contributed by atoms with E-state index in [0.29, 0.717) is 12.4 Å². The minimum Gasteiger partial charge on any atom is -0.309 e. The molecule has 0 saturated carbocycles. The van der Waals surface area contributed by atoms with Gasteiger partial charge in [0.05, 0.1) is 23.8 Å². The number of anilines is 1. The third kappa shape index (κ3) is 5.14. The van der Waals surface area contributed by atoms with Gasteiger partial charge in [-0.1, -0.05) is 23.7 Å². The summed E-state index contributed by atoms with van der Waals surface area (Å²) in [6.07, 6.45) is -3.13. The number of amides is 1. The van der Waals surface area contributed by atoms with Gasteiger partial charge in [0.2, 0.25) is 5.91 Å². The molecule has 3 aromatic rings. The molecule has 2 aromatic heterocycles. The number of benzene rings is 1. The van der Waals surface area contributed by atoms with E-state index in [4.69, 9.17) is 11.6 Å². The minimum atomic E-state index is -4.66. The summed E-state index contributed by atoms with van der Waals surface area (Å²) in [4.78, 5) is 12.1. The molecule has 154 valence electrons. The Morgan fingerprint density at radius 3 is 2.48 bits per heavy atom. The molecule has 0 fully saturated rings. The smallest absolute Gasteiger partial charge is 0.309 e. The van der Waals surface area contributed by atoms with Crippen LogP contribution in [0.1, 0.15) is 23.4 Å². The second-order valence-electron chi connectivity index (χ2n) is 6.29. The van der Waals surface area contributed by atoms with E-state index in [1.165, 1.54) is 19.1 Å². The zero-order valence-corrected chi connectivity index (χ0v) is 15.9. The molecule has 0 aliphatic heterocycles. The van der Waals surface area contributed by atoms with E-state index in [0.717, 1.165) is 10.2 Å². The zero-order chi connectivity index (χ0) is 21.2. The topological polar surface area (TPSA) is 64.7 Å². The molecule has 11 heteroatoms. The van der Waals surface area contributed by atoms with E-state index in [-0.39, 0.29) is 24.5 Å². The normalized spacial score (nSPS) is 11.7. The first kappa shape index (κ1) is 20.8. The molecule has 0 spiro atoms. The Labute approximate surface area is 168 Å². The molecule has 3 rings (SSSR count). The summed E-state index contributed by atoms with van der Waals surface area (Å²) in [5.41, 5.74) is -0.203. The summed E-state index contributed by atoms with van der Waals surface area (Å²) >= 11 is 5.68. The lowest BCUT2D eigenvalue weighted by Gasteiger charge is -2.05. The van der Waals surface area contributed by atoms with Crippen LogP contribution in [0, 0.1) is 12.7 Å². The van der Waals surface area contributed by atoms with Crippen molar-refractivity contribution in [2.24, 2.45) is 0 Å². The van der Waals surface area contributed by atoms with E-state index in [9.17, 15) is 22.4 Å². The Hall–Kier alpha value is -2.88. The minimum absolute atomic E-state index is 0.0657. The first-order chi connectivity index (χ1) is 13.6. The van der Waals surface area contributed by atoms with Crippen LogP contribution in [0.15, 0.2) is 36.5 Å². The van der Waals surface area contributed by atoms with Gasteiger partial charge in [0.15, 0.2) is 11.5 Å². The van der Waals surface area contributed by atoms with Crippen LogP contribution in [0.4, 0.5) is 23.4 Å². The number of rotatable bonds is 6. The Morgan fingerprint density at radius 2 is 1.86 bits per heavy atom. The van der Waals surface area contributed by atoms with Gasteiger partial charge in [0.1, 0.15) is 5.82 Å². The van der Waals surface area contributed by atoms with Crippen LogP contribution < -0.4 is 5.32 Å². The highest BCUT2D eigenvalue weighted by molar-refractivity contribution is 6.31. The van der Waals surface area contributed by atoms with Gasteiger partial charge in [0, 0.05) is 18.7 Å². The SMILES string of the molecule is Cc1c(Cl)c(C(F)(F)F)nn1CCC(=O)Nc1ccn(Cc2ccc(F)cc2)n1. The summed E-state index contributed by atoms with van der Waals surface area (Å²) in [6, 6.07) is 7.52. The Morgan fingerprint density at radius 1 is 1.17 bits per heavy atom. The quantitative estimate of drug-likeness (QED) is 0.595. The molecule has 1 amide bonds. The van der Waals surface area contributed by atoms with Crippen LogP contribution in [-0.2, 0) is 24.1 Å². The highest BCUT2D eigenvalue weighted by atomic mass is 35.5. The third-order valence-electron chi connectivity index (χ3n) is 4.12. The molecule has 1 N–H and O–H groups in total. The van der Waals surface area contributed by atoms with E-state index in [2.05, 4.69) is 15.5 Å². The largest absolute Gasteiger partial charge is 0.436 e. The Bertz CT molecular complexity index is 1010. The summed E-state index contributed by atoms with van der Waals surface area (Å²) < 4.78 is 54.1. The molecular weight excluding hydrogens is 414 g/mol. The van der Waals surface area contributed by atoms with Crippen LogP contribution in [0.3, 0.4) is 0 Å². The number of halogens is 5. The summed E-state index contributed by atoms with van der Waals surface area (Å²) in [7, 11) is 0. The van der Waals surface area contributed by atoms with Crippen LogP contribution >= 0.6 is 11.6 Å². The maximum Gasteiger partial charge on any atom is 0.436 e. The van der Waals surface area contributed by atoms with Crippen molar-refractivity contribution in [3.05, 3.63) is 64.3 Å². The molecule has 0 saturated heterocycles. The molecule has 0 radical (unpaired) electrons. The van der Waals surface area contributed by atoms with Crippen LogP contribution in [-0.4, -0.2) is 25.5 Å². The molecule has 0 unspecified atom stereocenters. The molecule has 6 nitrogen and oxygen atoms in total. The second-order valence-corrected chi connectivity index (χ2v) is 6.67. The van der Waals surface area contributed by atoms with Gasteiger partial charge in [-0.05, 0) is 24.6 Å². The van der Waals surface area contributed by atoms with Gasteiger partial charge in [-0.3, -0.25) is 14.2 Å². The van der Waals surface area contributed by atoms with Gasteiger partial charge in [-0.15, -0.1) is 0 Å². The van der Waals surface area contributed by atoms with Crippen molar-refractivity contribution >= 4 is 23.3 Å². The van der Waals surface area contributed by atoms with Gasteiger partial charge < -0.3 is 5.32 Å². The maximum atomic E-state index is 12.9. The molecule has 0 aliphatic rings. The third-order valence-corrected chi connectivity index (χ3v) is 4.57. The predicted molar refractivity (Wildman–Crippen MR) is 98.0 cm³/mol. The molecule has 2 heterocycles. The van der Waals surface area contributed by atoms with Crippen molar-refractivity contribution in [3.63, 3.8) is 0 Å². The van der Waals surface area contributed by atoms with E-state index in [1.807, 2.05) is 0 Å². The maximum absolute atomic E-state index is 12.9. The number of carbonyl (C=O) groups excluding carboxylic acids is 1. The number of hydrogen-bond donors (Lipinski definition) is 1. The lowest BCUT2D eigenvalue weighted by molar-refractivity contribution is -0.141. The average molecular weight is 430 g/mol. The molecule has 0 aliphatic carbocycles. The van der Waals surface area contributed by atoms with Gasteiger partial charge in [-0.25, -0.2) is 4.39 Å². The van der Waals surface area contributed by atoms with Crippen molar-refractivity contribution in [1.29, 1.82) is 0 Å². The van der Waals surface area contributed by atoms with E-state index >= 15 is 0 Å². The Kier molecular flexibility index (Phi) is 5.92. The van der Waals surface area contributed by atoms with E-state index in [1.54, 1.807) is 29.1 Å². The average Bonchev–Trinajstić information content (AvgIpc) is 3.20. The van der Waals surface area contributed by atoms with Crippen molar-refractivity contribution in [3.8, 4) is 0 Å². The molecule has 0 atom stereocenters. The molecular formula is C18H16ClF4N5O. The fourth-order valence-electron chi connectivity index (χ4n) is 2.63. The lowest BCUT2D eigenvalue weighted by Crippen LogP contribution is -2.16. The van der Waals surface area contributed by atoms with Crippen molar-refractivity contribution < 1.29 is 22.4 Å². The molecule has 0 bridgehead atoms. The number of hydrogen-bond acceptors (Lipinski definition) is 3. The standard InChI is InChI=1S/C18H16ClF4N5O/c1-11-16(19)17(18(21,22)23)26-28(11)9-7-15(29)24-14-6-8-27(25-14)10-12-2-4-13(20)5-3-12/h2-6,8H,7,9-10H2,1H3,(H,24,25,29). The van der Waals surface area contributed by atoms with Crippen molar-refractivity contribution in [2.45, 2.75) is 32.6 Å². The zero-order valence-electron chi connectivity index (χ0n) is 15.2. The number of aromatic nitrogens is 4. The Balaban J connectivity index is 1.56. The predicted octanol–water partition coefficient (Wildman–Crippen LogP) is 4.28. The summed E-state index contributed by atoms with van der Waals surface area (Å²) in [5.74, 6) is -0.474. The molecule has 1 aromatic carbocycles. The fraction of sp³-hybridized carbons (Fsp3) is 0.278. The number of nitrogens with zero attached hydrogens (tertiary/aromatic N) is 4. The van der Waals surface area contributed by atoms with Gasteiger partial charge >= 0.3 is 6.18 Å². The first-order valence-electron chi connectivity index (χ1n) is 8.51. The van der Waals surface area contributed by atoms with Gasteiger partial charge in [0.25, 0.3) is 0 Å². The number of alkyl halides is 3. The summed E-state index contributed by atoms with van der Waals surface area (Å²) in [6.45, 7) is 1.73. The van der Waals surface area contributed by atoms with Crippen molar-refractivity contribution in [1.82, 2.24) is 19.6 Å². The molecule has 29 heavy (non-hydrogen) atoms. The highest BCUT2D eigenvalue weighted by Crippen LogP contribution is 2.35. The van der Waals surface area contributed by atoms with Crippen molar-refractivity contribution in [2.75, 3.05) is 5.32 Å². The summed E-state index contributed by atoms with van der Waals surface area (Å²) in [5, 5.41) is 9.74. The lowest BCUT2D eigenvalue weighted by atomic mass is 10.2. The number of carbonyl (C=O) groups is 1. The second kappa shape index (κ2) is 8.24. The van der Waals surface area contributed by atoms with Crippen LogP contribution in [0.5, 0.6) is 0 Å². The number of aryl methyl sites for hydroxylation is 1. The fourth-order valence-corrected chi connectivity index (χ4v) is 2.87. The highest BCUT2D eigenvalue weighted by Gasteiger charge is 2.38. The van der Waals surface area contributed by atoms with E-state index < -0.39 is 22.8 Å². The van der Waals surface area contributed by atoms with Crippen LogP contribution in [0.25, 0.3) is 0 Å². The van der Waals surface area contributed by atoms with Crippen LogP contribution in [0.2, 0.25) is 5.02 Å². The monoisotopic (exact) mass is 429 g/mol. The van der Waals surface area contributed by atoms with Gasteiger partial charge in [-0.2, -0.15) is 23.4 Å². The number of nitrogens with one attached hydrogen (secondary N) is 1.